The molecule has 0 saturated carbocycles. The molecule has 0 radical (unpaired) electrons. The maximum Gasteiger partial charge on any atom is 0.143 e. The molecule has 4 aliphatic rings. The molecule has 0 aromatic carbocycles. The Kier molecular flexibility index (Phi) is 3.64. The minimum atomic E-state index is 0.120. The molecule has 2 nitrogen and oxygen atoms in total. The summed E-state index contributed by atoms with van der Waals surface area (Å²) < 4.78 is 10.5. The largest absolute Gasteiger partial charge is 0.459 e. The molecule has 116 valence electrons. The fourth-order valence-corrected chi connectivity index (χ4v) is 3.23. The standard InChI is InChI=1S/2C10H12O/c2*1-3-10(4-2)6-5-8-9(7-10)11-8/h2*3-4H,1-2,5-7H2. The molecule has 0 aromatic heterocycles. The highest BCUT2D eigenvalue weighted by Gasteiger charge is 2.40. The first-order chi connectivity index (χ1) is 10.6. The van der Waals surface area contributed by atoms with E-state index in [1.807, 2.05) is 24.3 Å². The maximum absolute atomic E-state index is 5.27. The summed E-state index contributed by atoms with van der Waals surface area (Å²) in [5.41, 5.74) is 0.241. The first kappa shape index (κ1) is 15.0. The van der Waals surface area contributed by atoms with Crippen LogP contribution in [0.4, 0.5) is 0 Å². The van der Waals surface area contributed by atoms with E-state index in [0.717, 1.165) is 38.5 Å². The molecular formula is C20H24O2. The lowest BCUT2D eigenvalue weighted by molar-refractivity contribution is 0.425. The zero-order valence-corrected chi connectivity index (χ0v) is 13.2. The molecule has 0 atom stereocenters. The van der Waals surface area contributed by atoms with Crippen LogP contribution in [0.5, 0.6) is 0 Å². The average Bonchev–Trinajstić information content (AvgIpc) is 3.47. The summed E-state index contributed by atoms with van der Waals surface area (Å²) in [6.45, 7) is 15.3. The van der Waals surface area contributed by atoms with Crippen LogP contribution < -0.4 is 0 Å². The third kappa shape index (κ3) is 2.70. The van der Waals surface area contributed by atoms with Crippen LogP contribution in [0.1, 0.15) is 38.5 Å². The van der Waals surface area contributed by atoms with E-state index in [9.17, 15) is 0 Å². The second-order valence-electron chi connectivity index (χ2n) is 6.53. The summed E-state index contributed by atoms with van der Waals surface area (Å²) >= 11 is 0. The number of hydrogen-bond donors (Lipinski definition) is 0. The van der Waals surface area contributed by atoms with Crippen molar-refractivity contribution in [2.75, 3.05) is 0 Å². The lowest BCUT2D eigenvalue weighted by atomic mass is 9.77. The Balaban J connectivity index is 0.000000131. The number of hydrogen-bond acceptors (Lipinski definition) is 2. The van der Waals surface area contributed by atoms with Gasteiger partial charge in [-0.25, -0.2) is 0 Å². The van der Waals surface area contributed by atoms with E-state index in [-0.39, 0.29) is 10.8 Å². The highest BCUT2D eigenvalue weighted by atomic mass is 16.6. The van der Waals surface area contributed by atoms with Gasteiger partial charge in [-0.2, -0.15) is 0 Å². The van der Waals surface area contributed by atoms with Crippen molar-refractivity contribution in [3.05, 3.63) is 73.7 Å². The van der Waals surface area contributed by atoms with Gasteiger partial charge in [0, 0.05) is 36.5 Å². The van der Waals surface area contributed by atoms with Crippen molar-refractivity contribution >= 4 is 0 Å². The monoisotopic (exact) mass is 296 g/mol. The van der Waals surface area contributed by atoms with Gasteiger partial charge in [0.1, 0.15) is 23.0 Å². The second-order valence-corrected chi connectivity index (χ2v) is 6.53. The molecule has 0 aromatic rings. The average molecular weight is 296 g/mol. The van der Waals surface area contributed by atoms with E-state index in [4.69, 9.17) is 9.47 Å². The molecule has 0 fully saturated rings. The van der Waals surface area contributed by atoms with Gasteiger partial charge in [-0.3, -0.25) is 0 Å². The Hall–Kier alpha value is -1.96. The summed E-state index contributed by atoms with van der Waals surface area (Å²) in [7, 11) is 0. The molecule has 0 spiro atoms. The molecule has 2 heteroatoms. The first-order valence-corrected chi connectivity index (χ1v) is 7.93. The Labute approximate surface area is 133 Å². The topological polar surface area (TPSA) is 25.1 Å². The summed E-state index contributed by atoms with van der Waals surface area (Å²) in [5, 5.41) is 0. The van der Waals surface area contributed by atoms with Gasteiger partial charge < -0.3 is 9.47 Å². The smallest absolute Gasteiger partial charge is 0.143 e. The Morgan fingerprint density at radius 3 is 1.27 bits per heavy atom. The van der Waals surface area contributed by atoms with Gasteiger partial charge >= 0.3 is 0 Å². The molecule has 0 N–H and O–H groups in total. The van der Waals surface area contributed by atoms with Crippen molar-refractivity contribution in [1.82, 2.24) is 0 Å². The van der Waals surface area contributed by atoms with E-state index < -0.39 is 0 Å². The van der Waals surface area contributed by atoms with Crippen molar-refractivity contribution in [3.63, 3.8) is 0 Å². The first-order valence-electron chi connectivity index (χ1n) is 7.93. The molecule has 2 heterocycles. The van der Waals surface area contributed by atoms with Gasteiger partial charge in [-0.15, -0.1) is 26.3 Å². The Morgan fingerprint density at radius 2 is 1.00 bits per heavy atom. The van der Waals surface area contributed by atoms with Crippen LogP contribution in [0.15, 0.2) is 73.7 Å². The fourth-order valence-electron chi connectivity index (χ4n) is 3.23. The lowest BCUT2D eigenvalue weighted by Gasteiger charge is -2.24. The predicted molar refractivity (Wildman–Crippen MR) is 89.6 cm³/mol. The van der Waals surface area contributed by atoms with E-state index in [0.29, 0.717) is 0 Å². The van der Waals surface area contributed by atoms with Crippen molar-refractivity contribution in [3.8, 4) is 0 Å². The summed E-state index contributed by atoms with van der Waals surface area (Å²) in [6, 6.07) is 0. The summed E-state index contributed by atoms with van der Waals surface area (Å²) in [4.78, 5) is 0. The SMILES string of the molecule is C=CC1(C=C)CCC2=C(C1)O2.C=CC1(C=C)CCC2=C(C1)O2. The van der Waals surface area contributed by atoms with Crippen LogP contribution in [0.3, 0.4) is 0 Å². The minimum absolute atomic E-state index is 0.120. The highest BCUT2D eigenvalue weighted by Crippen LogP contribution is 2.50. The van der Waals surface area contributed by atoms with Crippen molar-refractivity contribution < 1.29 is 9.47 Å². The fraction of sp³-hybridized carbons (Fsp3) is 0.400. The van der Waals surface area contributed by atoms with Crippen LogP contribution in [0.25, 0.3) is 0 Å². The van der Waals surface area contributed by atoms with Gasteiger partial charge in [0.25, 0.3) is 0 Å². The second kappa shape index (κ2) is 5.35. The van der Waals surface area contributed by atoms with E-state index in [1.165, 1.54) is 23.0 Å². The highest BCUT2D eigenvalue weighted by molar-refractivity contribution is 5.29. The molecule has 0 saturated heterocycles. The molecule has 0 amide bonds. The van der Waals surface area contributed by atoms with Gasteiger partial charge in [-0.05, 0) is 12.8 Å². The zero-order valence-electron chi connectivity index (χ0n) is 13.2. The van der Waals surface area contributed by atoms with Crippen molar-refractivity contribution in [2.24, 2.45) is 10.8 Å². The molecule has 0 unspecified atom stereocenters. The number of ether oxygens (including phenoxy) is 2. The van der Waals surface area contributed by atoms with Gasteiger partial charge in [0.15, 0.2) is 0 Å². The Bertz CT molecular complexity index is 533. The zero-order chi connectivity index (χ0) is 15.8. The normalized spacial score (nSPS) is 25.1. The third-order valence-electron chi connectivity index (χ3n) is 5.27. The van der Waals surface area contributed by atoms with Crippen LogP contribution in [-0.2, 0) is 9.47 Å². The van der Waals surface area contributed by atoms with Gasteiger partial charge in [0.05, 0.1) is 0 Å². The quantitative estimate of drug-likeness (QED) is 0.636. The number of rotatable bonds is 4. The van der Waals surface area contributed by atoms with Gasteiger partial charge in [0.2, 0.25) is 0 Å². The van der Waals surface area contributed by atoms with Crippen LogP contribution >= 0.6 is 0 Å². The van der Waals surface area contributed by atoms with E-state index in [2.05, 4.69) is 26.3 Å². The molecule has 0 bridgehead atoms. The molecule has 2 aliphatic heterocycles. The van der Waals surface area contributed by atoms with Crippen molar-refractivity contribution in [2.45, 2.75) is 38.5 Å². The summed E-state index contributed by atoms with van der Waals surface area (Å²) in [5.74, 6) is 4.78. The van der Waals surface area contributed by atoms with Gasteiger partial charge in [-0.1, -0.05) is 24.3 Å². The third-order valence-corrected chi connectivity index (χ3v) is 5.27. The summed E-state index contributed by atoms with van der Waals surface area (Å²) in [6.07, 6.45) is 14.3. The van der Waals surface area contributed by atoms with E-state index >= 15 is 0 Å². The molecule has 2 aliphatic carbocycles. The molecular weight excluding hydrogens is 272 g/mol. The number of allylic oxidation sites excluding steroid dienone is 8. The minimum Gasteiger partial charge on any atom is -0.459 e. The van der Waals surface area contributed by atoms with Crippen LogP contribution in [0.2, 0.25) is 0 Å². The Morgan fingerprint density at radius 1 is 0.636 bits per heavy atom. The predicted octanol–water partition coefficient (Wildman–Crippen LogP) is 5.54. The maximum atomic E-state index is 5.27. The van der Waals surface area contributed by atoms with Crippen LogP contribution in [0, 0.1) is 10.8 Å². The lowest BCUT2D eigenvalue weighted by Crippen LogP contribution is -2.15. The van der Waals surface area contributed by atoms with E-state index in [1.54, 1.807) is 0 Å². The molecule has 4 rings (SSSR count). The molecule has 22 heavy (non-hydrogen) atoms. The van der Waals surface area contributed by atoms with Crippen LogP contribution in [-0.4, -0.2) is 0 Å². The van der Waals surface area contributed by atoms with Crippen molar-refractivity contribution in [1.29, 1.82) is 0 Å².